The van der Waals surface area contributed by atoms with Gasteiger partial charge in [0.15, 0.2) is 0 Å². The van der Waals surface area contributed by atoms with Crippen molar-refractivity contribution >= 4 is 17.3 Å². The van der Waals surface area contributed by atoms with Gasteiger partial charge in [-0.25, -0.2) is 4.39 Å². The molecule has 1 saturated heterocycles. The number of rotatable bonds is 5. The van der Waals surface area contributed by atoms with E-state index in [1.807, 2.05) is 24.3 Å². The summed E-state index contributed by atoms with van der Waals surface area (Å²) in [7, 11) is 0. The van der Waals surface area contributed by atoms with Gasteiger partial charge in [-0.3, -0.25) is 4.79 Å². The Hall–Kier alpha value is -2.40. The summed E-state index contributed by atoms with van der Waals surface area (Å²) in [6, 6.07) is 13.8. The number of aliphatic hydroxyl groups is 1. The molecule has 0 radical (unpaired) electrons. The van der Waals surface area contributed by atoms with Gasteiger partial charge in [-0.1, -0.05) is 36.4 Å². The van der Waals surface area contributed by atoms with E-state index in [0.717, 1.165) is 25.9 Å². The lowest BCUT2D eigenvalue weighted by atomic mass is 9.92. The molecule has 2 aromatic rings. The summed E-state index contributed by atoms with van der Waals surface area (Å²) in [5.41, 5.74) is 0.228. The van der Waals surface area contributed by atoms with Gasteiger partial charge in [0.2, 0.25) is 5.91 Å². The van der Waals surface area contributed by atoms with Crippen LogP contribution in [0.3, 0.4) is 0 Å². The summed E-state index contributed by atoms with van der Waals surface area (Å²) in [5, 5.41) is 13.3. The smallest absolute Gasteiger partial charge is 0.227 e. The zero-order valence-electron chi connectivity index (χ0n) is 14.3. The number of benzene rings is 2. The summed E-state index contributed by atoms with van der Waals surface area (Å²) in [4.78, 5) is 14.5. The predicted molar refractivity (Wildman–Crippen MR) is 97.1 cm³/mol. The van der Waals surface area contributed by atoms with E-state index in [-0.39, 0.29) is 12.1 Å². The maximum absolute atomic E-state index is 14.3. The van der Waals surface area contributed by atoms with Gasteiger partial charge in [0.05, 0.1) is 17.7 Å². The zero-order valence-corrected chi connectivity index (χ0v) is 14.3. The Balaban J connectivity index is 1.77. The Bertz CT molecular complexity index is 741. The standard InChI is InChI=1S/C20H23FN2O2/c1-20(25,15-8-3-2-4-9-15)14-18(24)22-19-16(21)10-7-11-17(19)23-12-5-6-13-23/h2-4,7-11,25H,5-6,12-14H2,1H3,(H,22,24). The fraction of sp³-hybridized carbons (Fsp3) is 0.350. The van der Waals surface area contributed by atoms with E-state index in [2.05, 4.69) is 10.2 Å². The summed E-state index contributed by atoms with van der Waals surface area (Å²) in [6.45, 7) is 3.30. The second-order valence-electron chi connectivity index (χ2n) is 6.69. The van der Waals surface area contributed by atoms with Gasteiger partial charge in [0, 0.05) is 13.1 Å². The van der Waals surface area contributed by atoms with Gasteiger partial charge < -0.3 is 15.3 Å². The van der Waals surface area contributed by atoms with Crippen molar-refractivity contribution < 1.29 is 14.3 Å². The molecule has 2 aromatic carbocycles. The third-order valence-electron chi connectivity index (χ3n) is 4.60. The SMILES string of the molecule is CC(O)(CC(=O)Nc1c(F)cccc1N1CCCC1)c1ccccc1. The van der Waals surface area contributed by atoms with Gasteiger partial charge in [0.1, 0.15) is 11.5 Å². The number of nitrogens with one attached hydrogen (secondary N) is 1. The van der Waals surface area contributed by atoms with E-state index in [1.165, 1.54) is 6.07 Å². The second-order valence-corrected chi connectivity index (χ2v) is 6.69. The molecule has 0 spiro atoms. The molecule has 25 heavy (non-hydrogen) atoms. The van der Waals surface area contributed by atoms with Crippen LogP contribution in [-0.2, 0) is 10.4 Å². The third-order valence-corrected chi connectivity index (χ3v) is 4.60. The monoisotopic (exact) mass is 342 g/mol. The van der Waals surface area contributed by atoms with Crippen LogP contribution in [0.2, 0.25) is 0 Å². The van der Waals surface area contributed by atoms with E-state index in [4.69, 9.17) is 0 Å². The highest BCUT2D eigenvalue weighted by Gasteiger charge is 2.28. The molecule has 1 aliphatic rings. The van der Waals surface area contributed by atoms with Crippen LogP contribution < -0.4 is 10.2 Å². The van der Waals surface area contributed by atoms with Crippen molar-refractivity contribution in [1.82, 2.24) is 0 Å². The Morgan fingerprint density at radius 2 is 1.84 bits per heavy atom. The van der Waals surface area contributed by atoms with Crippen molar-refractivity contribution in [2.45, 2.75) is 31.8 Å². The minimum atomic E-state index is -1.32. The number of hydrogen-bond acceptors (Lipinski definition) is 3. The molecule has 1 unspecified atom stereocenters. The molecule has 1 atom stereocenters. The average Bonchev–Trinajstić information content (AvgIpc) is 3.11. The Morgan fingerprint density at radius 1 is 1.16 bits per heavy atom. The van der Waals surface area contributed by atoms with E-state index in [1.54, 1.807) is 25.1 Å². The molecule has 132 valence electrons. The molecule has 2 N–H and O–H groups in total. The van der Waals surface area contributed by atoms with E-state index < -0.39 is 17.3 Å². The molecule has 1 aliphatic heterocycles. The largest absolute Gasteiger partial charge is 0.385 e. The summed E-state index contributed by atoms with van der Waals surface area (Å²) >= 11 is 0. The maximum Gasteiger partial charge on any atom is 0.227 e. The van der Waals surface area contributed by atoms with E-state index in [0.29, 0.717) is 11.3 Å². The predicted octanol–water partition coefficient (Wildman–Crippen LogP) is 3.66. The molecule has 1 fully saturated rings. The van der Waals surface area contributed by atoms with Crippen LogP contribution in [0.1, 0.15) is 31.7 Å². The Labute approximate surface area is 147 Å². The second kappa shape index (κ2) is 7.23. The number of para-hydroxylation sites is 1. The zero-order chi connectivity index (χ0) is 17.9. The topological polar surface area (TPSA) is 52.6 Å². The average molecular weight is 342 g/mol. The van der Waals surface area contributed by atoms with Crippen LogP contribution >= 0.6 is 0 Å². The molecule has 1 heterocycles. The highest BCUT2D eigenvalue weighted by molar-refractivity contribution is 5.95. The number of halogens is 1. The Kier molecular flexibility index (Phi) is 5.04. The number of anilines is 2. The normalized spacial score (nSPS) is 16.5. The minimum Gasteiger partial charge on any atom is -0.385 e. The number of nitrogens with zero attached hydrogens (tertiary/aromatic N) is 1. The van der Waals surface area contributed by atoms with Crippen LogP contribution in [0, 0.1) is 5.82 Å². The van der Waals surface area contributed by atoms with Crippen LogP contribution in [0.5, 0.6) is 0 Å². The van der Waals surface area contributed by atoms with Gasteiger partial charge >= 0.3 is 0 Å². The first-order chi connectivity index (χ1) is 12.0. The summed E-state index contributed by atoms with van der Waals surface area (Å²) < 4.78 is 14.3. The fourth-order valence-corrected chi connectivity index (χ4v) is 3.25. The lowest BCUT2D eigenvalue weighted by Gasteiger charge is -2.25. The Morgan fingerprint density at radius 3 is 2.52 bits per heavy atom. The van der Waals surface area contributed by atoms with Crippen molar-refractivity contribution in [3.8, 4) is 0 Å². The van der Waals surface area contributed by atoms with Gasteiger partial charge in [0.25, 0.3) is 0 Å². The van der Waals surface area contributed by atoms with Crippen molar-refractivity contribution in [1.29, 1.82) is 0 Å². The number of hydrogen-bond donors (Lipinski definition) is 2. The van der Waals surface area contributed by atoms with Crippen molar-refractivity contribution in [2.75, 3.05) is 23.3 Å². The molecular formula is C20H23FN2O2. The number of carbonyl (C=O) groups excluding carboxylic acids is 1. The van der Waals surface area contributed by atoms with Gasteiger partial charge in [-0.05, 0) is 37.5 Å². The van der Waals surface area contributed by atoms with Crippen LogP contribution in [0.4, 0.5) is 15.8 Å². The highest BCUT2D eigenvalue weighted by atomic mass is 19.1. The molecule has 0 aliphatic carbocycles. The lowest BCUT2D eigenvalue weighted by molar-refractivity contribution is -0.120. The van der Waals surface area contributed by atoms with Crippen LogP contribution in [-0.4, -0.2) is 24.1 Å². The molecule has 0 saturated carbocycles. The highest BCUT2D eigenvalue weighted by Crippen LogP contribution is 2.32. The number of amides is 1. The molecule has 0 aromatic heterocycles. The first kappa shape index (κ1) is 17.4. The first-order valence-electron chi connectivity index (χ1n) is 8.58. The van der Waals surface area contributed by atoms with Crippen molar-refractivity contribution in [3.63, 3.8) is 0 Å². The summed E-state index contributed by atoms with van der Waals surface area (Å²) in [5.74, 6) is -0.878. The molecule has 0 bridgehead atoms. The minimum absolute atomic E-state index is 0.148. The van der Waals surface area contributed by atoms with Crippen molar-refractivity contribution in [3.05, 3.63) is 59.9 Å². The van der Waals surface area contributed by atoms with Crippen LogP contribution in [0.25, 0.3) is 0 Å². The summed E-state index contributed by atoms with van der Waals surface area (Å²) in [6.07, 6.45) is 1.98. The van der Waals surface area contributed by atoms with Gasteiger partial charge in [-0.2, -0.15) is 0 Å². The maximum atomic E-state index is 14.3. The molecule has 3 rings (SSSR count). The van der Waals surface area contributed by atoms with Gasteiger partial charge in [-0.15, -0.1) is 0 Å². The van der Waals surface area contributed by atoms with E-state index >= 15 is 0 Å². The molecular weight excluding hydrogens is 319 g/mol. The fourth-order valence-electron chi connectivity index (χ4n) is 3.25. The molecule has 5 heteroatoms. The molecule has 1 amide bonds. The number of carbonyl (C=O) groups is 1. The first-order valence-corrected chi connectivity index (χ1v) is 8.58. The lowest BCUT2D eigenvalue weighted by Crippen LogP contribution is -2.29. The van der Waals surface area contributed by atoms with E-state index in [9.17, 15) is 14.3 Å². The van der Waals surface area contributed by atoms with Crippen LogP contribution in [0.15, 0.2) is 48.5 Å². The molecule has 4 nitrogen and oxygen atoms in total. The quantitative estimate of drug-likeness (QED) is 0.872. The van der Waals surface area contributed by atoms with Crippen molar-refractivity contribution in [2.24, 2.45) is 0 Å². The third kappa shape index (κ3) is 3.99.